The van der Waals surface area contributed by atoms with Gasteiger partial charge in [0.05, 0.1) is 6.61 Å². The number of amides is 1. The molecule has 0 radical (unpaired) electrons. The molecule has 0 aliphatic heterocycles. The van der Waals surface area contributed by atoms with E-state index < -0.39 is 23.4 Å². The van der Waals surface area contributed by atoms with Crippen LogP contribution in [0.3, 0.4) is 0 Å². The summed E-state index contributed by atoms with van der Waals surface area (Å²) in [4.78, 5) is 34.1. The largest absolute Gasteiger partial charge is 0.476 e. The van der Waals surface area contributed by atoms with Crippen molar-refractivity contribution in [2.75, 3.05) is 11.9 Å². The van der Waals surface area contributed by atoms with E-state index in [1.54, 1.807) is 6.92 Å². The molecule has 0 spiro atoms. The maximum absolute atomic E-state index is 12.2. The Morgan fingerprint density at radius 2 is 1.42 bits per heavy atom. The molecule has 0 atom stereocenters. The van der Waals surface area contributed by atoms with Crippen LogP contribution in [0, 0.1) is 0 Å². The summed E-state index contributed by atoms with van der Waals surface area (Å²) in [5.41, 5.74) is 0.438. The van der Waals surface area contributed by atoms with E-state index in [1.807, 2.05) is 91.0 Å². The van der Waals surface area contributed by atoms with E-state index in [0.29, 0.717) is 0 Å². The van der Waals surface area contributed by atoms with E-state index in [2.05, 4.69) is 19.8 Å². The summed E-state index contributed by atoms with van der Waals surface area (Å²) in [6, 6.07) is 28.2. The highest BCUT2D eigenvalue weighted by atomic mass is 32.1. The number of hydrogen-bond acceptors (Lipinski definition) is 8. The zero-order chi connectivity index (χ0) is 25.4. The number of aliphatic carboxylic acids is 1. The molecule has 4 aromatic rings. The molecule has 1 amide bonds. The van der Waals surface area contributed by atoms with Gasteiger partial charge in [-0.3, -0.25) is 5.32 Å². The summed E-state index contributed by atoms with van der Waals surface area (Å²) in [6.45, 7) is 1.84. The number of carbonyl (C=O) groups excluding carboxylic acids is 1. The Kier molecular flexibility index (Phi) is 7.66. The third-order valence-corrected chi connectivity index (χ3v) is 5.77. The molecule has 1 aromatic heterocycles. The summed E-state index contributed by atoms with van der Waals surface area (Å²) in [5.74, 6) is -1.60. The van der Waals surface area contributed by atoms with Crippen LogP contribution in [-0.4, -0.2) is 38.8 Å². The van der Waals surface area contributed by atoms with Crippen molar-refractivity contribution in [1.82, 2.24) is 9.36 Å². The van der Waals surface area contributed by atoms with Gasteiger partial charge in [0.15, 0.2) is 0 Å². The maximum Gasteiger partial charge on any atom is 0.413 e. The molecular weight excluding hydrogens is 480 g/mol. The first-order valence-electron chi connectivity index (χ1n) is 11.0. The van der Waals surface area contributed by atoms with E-state index in [0.717, 1.165) is 28.2 Å². The quantitative estimate of drug-likeness (QED) is 0.189. The topological polar surface area (TPSA) is 123 Å². The first-order chi connectivity index (χ1) is 17.5. The number of hydrogen-bond donors (Lipinski definition) is 2. The SMILES string of the molecule is CCOC(=O)Nc1nc(C(=NOC(c2ccccc2)(c2ccccc2)c2ccccc2)C(=O)O)ns1. The van der Waals surface area contributed by atoms with Gasteiger partial charge in [-0.15, -0.1) is 0 Å². The highest BCUT2D eigenvalue weighted by Gasteiger charge is 2.40. The number of carboxylic acid groups (broad SMARTS) is 1. The third-order valence-electron chi connectivity index (χ3n) is 5.14. The standard InChI is InChI=1S/C26H22N4O5S/c1-2-34-25(33)28-24-27-22(30-36-24)21(23(31)32)29-35-26(18-12-6-3-7-13-18,19-14-8-4-9-15-19)20-16-10-5-11-17-20/h3-17H,2H2,1H3,(H,31,32)(H,27,28,30,33). The number of anilines is 1. The fraction of sp³-hybridized carbons (Fsp3) is 0.115. The third kappa shape index (κ3) is 5.23. The highest BCUT2D eigenvalue weighted by Crippen LogP contribution is 2.40. The number of aromatic nitrogens is 2. The molecule has 182 valence electrons. The summed E-state index contributed by atoms with van der Waals surface area (Å²) >= 11 is 0.799. The Morgan fingerprint density at radius 1 is 0.917 bits per heavy atom. The van der Waals surface area contributed by atoms with E-state index in [1.165, 1.54) is 0 Å². The van der Waals surface area contributed by atoms with Gasteiger partial charge in [-0.1, -0.05) is 96.2 Å². The average molecular weight is 503 g/mol. The van der Waals surface area contributed by atoms with Crippen molar-refractivity contribution in [3.05, 3.63) is 114 Å². The first kappa shape index (κ1) is 24.6. The molecule has 3 aromatic carbocycles. The van der Waals surface area contributed by atoms with Gasteiger partial charge in [-0.25, -0.2) is 9.59 Å². The van der Waals surface area contributed by atoms with Gasteiger partial charge >= 0.3 is 12.1 Å². The van der Waals surface area contributed by atoms with Gasteiger partial charge in [0.25, 0.3) is 0 Å². The second-order valence-corrected chi connectivity index (χ2v) is 8.14. The van der Waals surface area contributed by atoms with Crippen LogP contribution in [0.25, 0.3) is 0 Å². The van der Waals surface area contributed by atoms with Crippen LogP contribution in [0.2, 0.25) is 0 Å². The highest BCUT2D eigenvalue weighted by molar-refractivity contribution is 7.10. The van der Waals surface area contributed by atoms with Crippen LogP contribution < -0.4 is 5.32 Å². The lowest BCUT2D eigenvalue weighted by Crippen LogP contribution is -2.32. The zero-order valence-corrected chi connectivity index (χ0v) is 20.0. The molecule has 4 rings (SSSR count). The van der Waals surface area contributed by atoms with Crippen LogP contribution in [0.1, 0.15) is 29.4 Å². The minimum absolute atomic E-state index is 0.0674. The van der Waals surface area contributed by atoms with Gasteiger partial charge in [0.1, 0.15) is 0 Å². The molecule has 36 heavy (non-hydrogen) atoms. The van der Waals surface area contributed by atoms with Crippen molar-refractivity contribution in [2.45, 2.75) is 12.5 Å². The summed E-state index contributed by atoms with van der Waals surface area (Å²) < 4.78 is 8.86. The zero-order valence-electron chi connectivity index (χ0n) is 19.2. The second-order valence-electron chi connectivity index (χ2n) is 7.38. The molecule has 0 aliphatic rings. The fourth-order valence-electron chi connectivity index (χ4n) is 3.59. The molecular formula is C26H22N4O5S. The molecule has 1 heterocycles. The predicted molar refractivity (Wildman–Crippen MR) is 135 cm³/mol. The maximum atomic E-state index is 12.2. The monoisotopic (exact) mass is 502 g/mol. The Labute approximate surface area is 211 Å². The molecule has 9 nitrogen and oxygen atoms in total. The number of carbonyl (C=O) groups is 2. The summed E-state index contributed by atoms with van der Waals surface area (Å²) in [5, 5.41) is 16.5. The number of nitrogens with one attached hydrogen (secondary N) is 1. The van der Waals surface area contributed by atoms with Crippen LogP contribution in [0.5, 0.6) is 0 Å². The number of rotatable bonds is 9. The van der Waals surface area contributed by atoms with Gasteiger partial charge in [-0.05, 0) is 6.92 Å². The Hall–Kier alpha value is -4.57. The van der Waals surface area contributed by atoms with Crippen molar-refractivity contribution in [3.8, 4) is 0 Å². The van der Waals surface area contributed by atoms with Crippen LogP contribution >= 0.6 is 11.5 Å². The van der Waals surface area contributed by atoms with E-state index in [4.69, 9.17) is 9.57 Å². The Balaban J connectivity index is 1.82. The second kappa shape index (κ2) is 11.2. The molecule has 0 fully saturated rings. The summed E-state index contributed by atoms with van der Waals surface area (Å²) in [6.07, 6.45) is -0.721. The van der Waals surface area contributed by atoms with Gasteiger partial charge in [0, 0.05) is 28.2 Å². The number of carboxylic acids is 1. The lowest BCUT2D eigenvalue weighted by Gasteiger charge is -2.33. The minimum Gasteiger partial charge on any atom is -0.476 e. The number of nitrogens with zero attached hydrogens (tertiary/aromatic N) is 3. The first-order valence-corrected chi connectivity index (χ1v) is 11.8. The fourth-order valence-corrected chi connectivity index (χ4v) is 4.15. The Bertz CT molecular complexity index is 1250. The van der Waals surface area contributed by atoms with Crippen molar-refractivity contribution in [2.24, 2.45) is 5.16 Å². The molecule has 0 saturated heterocycles. The average Bonchev–Trinajstić information content (AvgIpc) is 3.36. The van der Waals surface area contributed by atoms with E-state index in [-0.39, 0.29) is 17.6 Å². The number of oxime groups is 1. The summed E-state index contributed by atoms with van der Waals surface area (Å²) in [7, 11) is 0. The van der Waals surface area contributed by atoms with Crippen LogP contribution in [-0.2, 0) is 20.0 Å². The molecule has 0 aliphatic carbocycles. The lowest BCUT2D eigenvalue weighted by molar-refractivity contribution is -0.129. The molecule has 0 unspecified atom stereocenters. The van der Waals surface area contributed by atoms with E-state index >= 15 is 0 Å². The lowest BCUT2D eigenvalue weighted by atomic mass is 9.80. The Morgan fingerprint density at radius 3 is 1.86 bits per heavy atom. The number of benzene rings is 3. The normalized spacial score (nSPS) is 11.5. The van der Waals surface area contributed by atoms with Crippen molar-refractivity contribution >= 4 is 34.4 Å². The molecule has 2 N–H and O–H groups in total. The number of ether oxygens (including phenoxy) is 1. The molecule has 0 bridgehead atoms. The van der Waals surface area contributed by atoms with Crippen LogP contribution in [0.15, 0.2) is 96.2 Å². The van der Waals surface area contributed by atoms with Gasteiger partial charge in [0.2, 0.25) is 22.3 Å². The van der Waals surface area contributed by atoms with Crippen LogP contribution in [0.4, 0.5) is 9.93 Å². The molecule has 10 heteroatoms. The van der Waals surface area contributed by atoms with Gasteiger partial charge in [-0.2, -0.15) is 9.36 Å². The molecule has 0 saturated carbocycles. The smallest absolute Gasteiger partial charge is 0.413 e. The van der Waals surface area contributed by atoms with Crippen molar-refractivity contribution < 1.29 is 24.3 Å². The van der Waals surface area contributed by atoms with Gasteiger partial charge < -0.3 is 14.7 Å². The van der Waals surface area contributed by atoms with Crippen molar-refractivity contribution in [3.63, 3.8) is 0 Å². The predicted octanol–water partition coefficient (Wildman–Crippen LogP) is 4.90. The van der Waals surface area contributed by atoms with E-state index in [9.17, 15) is 14.7 Å². The van der Waals surface area contributed by atoms with Crippen molar-refractivity contribution in [1.29, 1.82) is 0 Å². The minimum atomic E-state index is -1.39.